The van der Waals surface area contributed by atoms with Crippen molar-refractivity contribution in [1.29, 1.82) is 0 Å². The van der Waals surface area contributed by atoms with E-state index in [2.05, 4.69) is 17.9 Å². The number of anilines is 1. The predicted molar refractivity (Wildman–Crippen MR) is 98.4 cm³/mol. The third-order valence-corrected chi connectivity index (χ3v) is 7.02. The van der Waals surface area contributed by atoms with E-state index in [1.807, 2.05) is 0 Å². The van der Waals surface area contributed by atoms with E-state index in [4.69, 9.17) is 0 Å². The summed E-state index contributed by atoms with van der Waals surface area (Å²) >= 11 is 0. The Morgan fingerprint density at radius 2 is 1.74 bits per heavy atom. The molecule has 1 N–H and O–H groups in total. The monoisotopic (exact) mass is 370 g/mol. The van der Waals surface area contributed by atoms with Crippen molar-refractivity contribution < 1.29 is 18.9 Å². The molecule has 6 heteroatoms. The fourth-order valence-corrected chi connectivity index (χ4v) is 5.61. The highest BCUT2D eigenvalue weighted by molar-refractivity contribution is 6.06. The van der Waals surface area contributed by atoms with Gasteiger partial charge in [-0.15, -0.1) is 0 Å². The number of piperazine rings is 1. The Kier molecular flexibility index (Phi) is 3.86. The molecule has 2 amide bonds. The van der Waals surface area contributed by atoms with E-state index in [0.717, 1.165) is 38.3 Å². The van der Waals surface area contributed by atoms with Crippen LogP contribution in [0.25, 0.3) is 0 Å². The standard InChI is InChI=1S/C21H24FN3O2/c1-13-10-14-11-17(13)19-18(14)20(26)25(21(19)27)12-23-6-8-24(9-7-23)16-4-2-15(22)3-5-16/h2-5,10,14,17-19H,6-9,11-12H2,1H3/p+1/t14-,17+,18+,19+/m0/s1. The molecule has 1 aromatic rings. The lowest BCUT2D eigenvalue weighted by molar-refractivity contribution is -0.908. The molecule has 0 radical (unpaired) electrons. The van der Waals surface area contributed by atoms with Crippen LogP contribution in [0.3, 0.4) is 0 Å². The molecule has 2 bridgehead atoms. The summed E-state index contributed by atoms with van der Waals surface area (Å²) < 4.78 is 13.1. The lowest BCUT2D eigenvalue weighted by Crippen LogP contribution is -3.16. The lowest BCUT2D eigenvalue weighted by atomic mass is 9.82. The van der Waals surface area contributed by atoms with Gasteiger partial charge < -0.3 is 9.80 Å². The first-order valence-corrected chi connectivity index (χ1v) is 9.90. The fraction of sp³-hybridized carbons (Fsp3) is 0.524. The minimum atomic E-state index is -0.224. The van der Waals surface area contributed by atoms with Gasteiger partial charge in [0.05, 0.1) is 38.0 Å². The van der Waals surface area contributed by atoms with Crippen molar-refractivity contribution in [3.63, 3.8) is 0 Å². The Balaban J connectivity index is 1.22. The van der Waals surface area contributed by atoms with E-state index in [1.165, 1.54) is 22.6 Å². The minimum Gasteiger partial charge on any atom is -0.360 e. The summed E-state index contributed by atoms with van der Waals surface area (Å²) in [6.45, 7) is 6.01. The maximum Gasteiger partial charge on any atom is 0.238 e. The summed E-state index contributed by atoms with van der Waals surface area (Å²) in [6.07, 6.45) is 3.20. The Labute approximate surface area is 158 Å². The number of nitrogens with zero attached hydrogens (tertiary/aromatic N) is 2. The third kappa shape index (κ3) is 2.61. The topological polar surface area (TPSA) is 45.1 Å². The zero-order valence-corrected chi connectivity index (χ0v) is 15.5. The van der Waals surface area contributed by atoms with Crippen molar-refractivity contribution in [3.05, 3.63) is 41.7 Å². The van der Waals surface area contributed by atoms with Crippen LogP contribution in [0.5, 0.6) is 0 Å². The molecule has 2 saturated heterocycles. The summed E-state index contributed by atoms with van der Waals surface area (Å²) in [5.74, 6) is 0.225. The Bertz CT molecular complexity index is 813. The molecule has 5 rings (SSSR count). The average molecular weight is 370 g/mol. The van der Waals surface area contributed by atoms with E-state index < -0.39 is 0 Å². The molecule has 142 valence electrons. The van der Waals surface area contributed by atoms with E-state index in [0.29, 0.717) is 6.67 Å². The molecule has 1 aromatic carbocycles. The molecule has 5 nitrogen and oxygen atoms in total. The Morgan fingerprint density at radius 3 is 2.44 bits per heavy atom. The maximum absolute atomic E-state index is 13.1. The number of rotatable bonds is 3. The van der Waals surface area contributed by atoms with Crippen LogP contribution >= 0.6 is 0 Å². The summed E-state index contributed by atoms with van der Waals surface area (Å²) in [5.41, 5.74) is 2.32. The third-order valence-electron chi connectivity index (χ3n) is 7.02. The van der Waals surface area contributed by atoms with Crippen LogP contribution in [-0.2, 0) is 9.59 Å². The van der Waals surface area contributed by atoms with Crippen molar-refractivity contribution in [1.82, 2.24) is 4.90 Å². The average Bonchev–Trinajstić information content (AvgIpc) is 3.30. The second kappa shape index (κ2) is 6.16. The largest absolute Gasteiger partial charge is 0.360 e. The van der Waals surface area contributed by atoms with Gasteiger partial charge in [-0.2, -0.15) is 0 Å². The number of quaternary nitrogens is 1. The normalized spacial score (nSPS) is 33.0. The van der Waals surface area contributed by atoms with Crippen molar-refractivity contribution >= 4 is 17.5 Å². The van der Waals surface area contributed by atoms with Gasteiger partial charge in [-0.3, -0.25) is 9.59 Å². The van der Waals surface area contributed by atoms with Gasteiger partial charge in [-0.25, -0.2) is 9.29 Å². The number of fused-ring (bicyclic) bond motifs is 5. The minimum absolute atomic E-state index is 0.0507. The molecule has 27 heavy (non-hydrogen) atoms. The number of nitrogens with one attached hydrogen (secondary N) is 1. The van der Waals surface area contributed by atoms with Gasteiger partial charge in [0.25, 0.3) is 0 Å². The summed E-state index contributed by atoms with van der Waals surface area (Å²) in [6, 6.07) is 6.58. The molecular weight excluding hydrogens is 345 g/mol. The zero-order valence-electron chi connectivity index (χ0n) is 15.5. The van der Waals surface area contributed by atoms with Crippen molar-refractivity contribution in [2.24, 2.45) is 23.7 Å². The molecule has 4 atom stereocenters. The molecule has 0 unspecified atom stereocenters. The van der Waals surface area contributed by atoms with E-state index in [9.17, 15) is 14.0 Å². The summed E-state index contributed by atoms with van der Waals surface area (Å²) in [7, 11) is 0. The van der Waals surface area contributed by atoms with Gasteiger partial charge in [-0.05, 0) is 49.4 Å². The van der Waals surface area contributed by atoms with Crippen LogP contribution in [0.1, 0.15) is 13.3 Å². The van der Waals surface area contributed by atoms with Crippen molar-refractivity contribution in [2.45, 2.75) is 13.3 Å². The first-order chi connectivity index (χ1) is 13.0. The fourth-order valence-electron chi connectivity index (χ4n) is 5.61. The molecule has 2 aliphatic heterocycles. The number of carbonyl (C=O) groups is 2. The highest BCUT2D eigenvalue weighted by atomic mass is 19.1. The number of carbonyl (C=O) groups excluding carboxylic acids is 2. The predicted octanol–water partition coefficient (Wildman–Crippen LogP) is 0.685. The van der Waals surface area contributed by atoms with Crippen LogP contribution < -0.4 is 9.80 Å². The van der Waals surface area contributed by atoms with Crippen LogP contribution in [0.4, 0.5) is 10.1 Å². The van der Waals surface area contributed by atoms with Gasteiger partial charge in [-0.1, -0.05) is 11.6 Å². The second-order valence-corrected chi connectivity index (χ2v) is 8.44. The van der Waals surface area contributed by atoms with E-state index in [-0.39, 0.29) is 41.3 Å². The molecular formula is C21H25FN3O2+. The van der Waals surface area contributed by atoms with Crippen LogP contribution in [-0.4, -0.2) is 49.6 Å². The van der Waals surface area contributed by atoms with Gasteiger partial charge in [0, 0.05) is 5.69 Å². The van der Waals surface area contributed by atoms with Crippen LogP contribution in [0, 0.1) is 29.5 Å². The molecule has 2 aliphatic carbocycles. The number of benzene rings is 1. The first kappa shape index (κ1) is 16.9. The quantitative estimate of drug-likeness (QED) is 0.629. The molecule has 1 saturated carbocycles. The highest BCUT2D eigenvalue weighted by Crippen LogP contribution is 2.55. The summed E-state index contributed by atoms with van der Waals surface area (Å²) in [5, 5.41) is 0. The number of allylic oxidation sites excluding steroid dienone is 2. The van der Waals surface area contributed by atoms with Gasteiger partial charge in [0.2, 0.25) is 11.8 Å². The number of likely N-dealkylation sites (tertiary alicyclic amines) is 1. The highest BCUT2D eigenvalue weighted by Gasteiger charge is 2.61. The van der Waals surface area contributed by atoms with Crippen LogP contribution in [0.15, 0.2) is 35.9 Å². The number of hydrogen-bond acceptors (Lipinski definition) is 3. The van der Waals surface area contributed by atoms with Crippen molar-refractivity contribution in [3.8, 4) is 0 Å². The van der Waals surface area contributed by atoms with Gasteiger partial charge >= 0.3 is 0 Å². The molecule has 2 heterocycles. The second-order valence-electron chi connectivity index (χ2n) is 8.44. The van der Waals surface area contributed by atoms with Crippen molar-refractivity contribution in [2.75, 3.05) is 37.7 Å². The number of halogens is 1. The molecule has 0 aromatic heterocycles. The number of hydrogen-bond donors (Lipinski definition) is 1. The lowest BCUT2D eigenvalue weighted by Gasteiger charge is -2.35. The Hall–Kier alpha value is -2.21. The molecule has 3 fully saturated rings. The van der Waals surface area contributed by atoms with Crippen LogP contribution in [0.2, 0.25) is 0 Å². The number of imide groups is 1. The first-order valence-electron chi connectivity index (χ1n) is 9.90. The van der Waals surface area contributed by atoms with Gasteiger partial charge in [0.15, 0.2) is 6.67 Å². The SMILES string of the molecule is CC1=C[C@H]2C[C@H]1[C@H]1C(=O)N(C[NH+]3CCN(c4ccc(F)cc4)CC3)C(=O)[C@@H]12. The van der Waals surface area contributed by atoms with E-state index >= 15 is 0 Å². The number of amides is 2. The smallest absolute Gasteiger partial charge is 0.238 e. The zero-order chi connectivity index (χ0) is 18.7. The Morgan fingerprint density at radius 1 is 1.07 bits per heavy atom. The maximum atomic E-state index is 13.1. The molecule has 4 aliphatic rings. The summed E-state index contributed by atoms with van der Waals surface area (Å²) in [4.78, 5) is 30.9. The van der Waals surface area contributed by atoms with E-state index in [1.54, 1.807) is 17.0 Å². The molecule has 0 spiro atoms. The van der Waals surface area contributed by atoms with Gasteiger partial charge in [0.1, 0.15) is 5.82 Å².